The third-order valence-corrected chi connectivity index (χ3v) is 7.93. The van der Waals surface area contributed by atoms with E-state index < -0.39 is 0 Å². The molecular weight excluding hydrogens is 586 g/mol. The van der Waals surface area contributed by atoms with Gasteiger partial charge in [0.25, 0.3) is 0 Å². The summed E-state index contributed by atoms with van der Waals surface area (Å²) in [6, 6.07) is 15.9. The van der Waals surface area contributed by atoms with Gasteiger partial charge < -0.3 is 20.4 Å². The van der Waals surface area contributed by atoms with Crippen LogP contribution in [0.15, 0.2) is 67.4 Å². The summed E-state index contributed by atoms with van der Waals surface area (Å²) in [5, 5.41) is 11.6. The van der Waals surface area contributed by atoms with Gasteiger partial charge in [-0.2, -0.15) is 10.1 Å². The number of rotatable bonds is 7. The van der Waals surface area contributed by atoms with Crippen LogP contribution in [-0.2, 0) is 4.79 Å². The summed E-state index contributed by atoms with van der Waals surface area (Å²) in [6.45, 7) is 7.63. The average molecular weight is 612 g/mol. The van der Waals surface area contributed by atoms with Crippen LogP contribution >= 0.6 is 28.4 Å². The summed E-state index contributed by atoms with van der Waals surface area (Å²) < 4.78 is 1.87. The molecule has 4 aromatic rings. The van der Waals surface area contributed by atoms with Gasteiger partial charge >= 0.3 is 0 Å². The largest absolute Gasteiger partial charge is 0.369 e. The van der Waals surface area contributed by atoms with Gasteiger partial charge in [-0.3, -0.25) is 4.79 Å². The van der Waals surface area contributed by atoms with Crippen molar-refractivity contribution in [2.75, 3.05) is 48.8 Å². The van der Waals surface area contributed by atoms with Crippen LogP contribution in [0.1, 0.15) is 0 Å². The number of piperazine rings is 1. The fraction of sp³-hybridized carbons (Fsp3) is 0.200. The number of aromatic nitrogens is 4. The Balaban J connectivity index is 1.50. The topological polar surface area (TPSA) is 91.2 Å². The zero-order valence-corrected chi connectivity index (χ0v) is 22.9. The predicted molar refractivity (Wildman–Crippen MR) is 157 cm³/mol. The van der Waals surface area contributed by atoms with Gasteiger partial charge in [0.05, 0.1) is 23.7 Å². The Hall–Kier alpha value is -3.08. The fourth-order valence-corrected chi connectivity index (χ4v) is 5.57. The van der Waals surface area contributed by atoms with Gasteiger partial charge in [0.2, 0.25) is 11.9 Å². The first-order valence-electron chi connectivity index (χ1n) is 11.5. The van der Waals surface area contributed by atoms with Crippen molar-refractivity contribution in [1.82, 2.24) is 24.4 Å². The van der Waals surface area contributed by atoms with Crippen LogP contribution in [0.25, 0.3) is 22.3 Å². The van der Waals surface area contributed by atoms with Crippen molar-refractivity contribution in [3.8, 4) is 11.3 Å². The van der Waals surface area contributed by atoms with E-state index in [1.54, 1.807) is 6.20 Å². The molecule has 5 rings (SSSR count). The normalized spacial score (nSPS) is 14.4. The van der Waals surface area contributed by atoms with Crippen molar-refractivity contribution >= 4 is 68.4 Å². The number of fused-ring (bicyclic) bond motifs is 1. The highest BCUT2D eigenvalue weighted by Gasteiger charge is 2.17. The summed E-state index contributed by atoms with van der Waals surface area (Å²) in [7, 11) is 2.16. The van der Waals surface area contributed by atoms with Crippen molar-refractivity contribution < 1.29 is 4.79 Å². The molecule has 1 atom stereocenters. The van der Waals surface area contributed by atoms with Gasteiger partial charge in [0.15, 0.2) is 5.65 Å². The van der Waals surface area contributed by atoms with Crippen molar-refractivity contribution in [2.24, 2.45) is 0 Å². The van der Waals surface area contributed by atoms with Crippen molar-refractivity contribution in [3.05, 3.63) is 67.4 Å². The van der Waals surface area contributed by atoms with Gasteiger partial charge in [0.1, 0.15) is 0 Å². The Morgan fingerprint density at radius 3 is 2.64 bits per heavy atom. The molecule has 2 aromatic heterocycles. The van der Waals surface area contributed by atoms with Crippen LogP contribution in [0.3, 0.4) is 0 Å². The first-order valence-corrected chi connectivity index (χ1v) is 15.6. The first-order chi connectivity index (χ1) is 17.5. The Labute approximate surface area is 224 Å². The maximum absolute atomic E-state index is 11.8. The number of hydrogen-bond acceptors (Lipinski definition) is 7. The molecule has 1 unspecified atom stereocenters. The number of carbonyl (C=O) groups excluding carboxylic acids is 1. The Kier molecular flexibility index (Phi) is 7.45. The molecule has 0 radical (unpaired) electrons. The van der Waals surface area contributed by atoms with Crippen molar-refractivity contribution in [2.45, 2.75) is 0 Å². The van der Waals surface area contributed by atoms with Gasteiger partial charge in [0, 0.05) is 48.8 Å². The molecule has 0 aliphatic carbocycles. The lowest BCUT2D eigenvalue weighted by atomic mass is 10.1. The molecule has 0 spiro atoms. The van der Waals surface area contributed by atoms with E-state index in [2.05, 4.69) is 79.4 Å². The van der Waals surface area contributed by atoms with Crippen LogP contribution < -0.4 is 15.5 Å². The second-order valence-electron chi connectivity index (χ2n) is 8.51. The fourth-order valence-electron chi connectivity index (χ4n) is 4.16. The average Bonchev–Trinajstić information content (AvgIpc) is 3.32. The third kappa shape index (κ3) is 5.35. The molecule has 1 fully saturated rings. The van der Waals surface area contributed by atoms with Crippen LogP contribution in [0, 0.1) is 0 Å². The maximum atomic E-state index is 11.8. The molecule has 1 amide bonds. The molecule has 3 heterocycles. The molecule has 0 bridgehead atoms. The van der Waals surface area contributed by atoms with E-state index in [-0.39, 0.29) is 5.91 Å². The third-order valence-electron chi connectivity index (χ3n) is 6.07. The summed E-state index contributed by atoms with van der Waals surface area (Å²) >= 11 is 2.29. The molecule has 36 heavy (non-hydrogen) atoms. The number of anilines is 4. The summed E-state index contributed by atoms with van der Waals surface area (Å²) in [4.78, 5) is 26.2. The van der Waals surface area contributed by atoms with Crippen LogP contribution in [0.5, 0.6) is 0 Å². The van der Waals surface area contributed by atoms with E-state index in [9.17, 15) is 4.79 Å². The summed E-state index contributed by atoms with van der Waals surface area (Å²) in [6.07, 6.45) is 3.44. The zero-order valence-electron chi connectivity index (χ0n) is 19.8. The number of nitrogens with zero attached hydrogens (tertiary/aromatic N) is 6. The van der Waals surface area contributed by atoms with Crippen LogP contribution in [0.4, 0.5) is 23.0 Å². The molecule has 2 aromatic carbocycles. The minimum absolute atomic E-state index is 0.262. The smallest absolute Gasteiger partial charge is 0.247 e. The van der Waals surface area contributed by atoms with E-state index in [0.29, 0.717) is 18.0 Å². The van der Waals surface area contributed by atoms with Gasteiger partial charge in [-0.05, 0) is 65.5 Å². The number of carbonyl (C=O) groups is 1. The first kappa shape index (κ1) is 24.6. The Bertz CT molecular complexity index is 1420. The van der Waals surface area contributed by atoms with E-state index >= 15 is 0 Å². The lowest BCUT2D eigenvalue weighted by Crippen LogP contribution is -2.44. The van der Waals surface area contributed by atoms with E-state index in [4.69, 9.17) is 9.97 Å². The van der Waals surface area contributed by atoms with E-state index in [0.717, 1.165) is 54.2 Å². The molecular formula is C25H26IN8OP. The number of halogens is 1. The molecule has 1 saturated heterocycles. The quantitative estimate of drug-likeness (QED) is 0.174. The molecule has 11 heteroatoms. The highest BCUT2D eigenvalue weighted by molar-refractivity contribution is 14.2. The molecule has 184 valence electrons. The van der Waals surface area contributed by atoms with Crippen molar-refractivity contribution in [1.29, 1.82) is 0 Å². The Morgan fingerprint density at radius 1 is 1.08 bits per heavy atom. The minimum Gasteiger partial charge on any atom is -0.369 e. The minimum atomic E-state index is -0.262. The highest BCUT2D eigenvalue weighted by atomic mass is 127. The number of amides is 1. The van der Waals surface area contributed by atoms with Crippen LogP contribution in [-0.4, -0.2) is 63.6 Å². The molecule has 1 aliphatic heterocycles. The number of likely N-dealkylation sites (N-methyl/N-ethyl adjacent to an activating group) is 1. The number of benzene rings is 2. The SMILES string of the molecule is C=CC(=O)Nc1cccc(-c2nc(Nc3cccc(N4CCN(C)CC4)c3)nc3c2cnn3PI)c1. The molecule has 2 N–H and O–H groups in total. The van der Waals surface area contributed by atoms with Gasteiger partial charge in [-0.25, -0.2) is 9.44 Å². The summed E-state index contributed by atoms with van der Waals surface area (Å²) in [5.74, 6) is 0.228. The lowest BCUT2D eigenvalue weighted by molar-refractivity contribution is -0.111. The second kappa shape index (κ2) is 10.9. The number of hydrogen-bond donors (Lipinski definition) is 2. The predicted octanol–water partition coefficient (Wildman–Crippen LogP) is 4.90. The zero-order chi connectivity index (χ0) is 25.1. The number of nitrogens with one attached hydrogen (secondary N) is 2. The van der Waals surface area contributed by atoms with Gasteiger partial charge in [-0.1, -0.05) is 24.8 Å². The van der Waals surface area contributed by atoms with Crippen LogP contribution in [0.2, 0.25) is 0 Å². The van der Waals surface area contributed by atoms with Gasteiger partial charge in [-0.15, -0.1) is 0 Å². The second-order valence-corrected chi connectivity index (χ2v) is 10.6. The standard InChI is InChI=1S/C25H26IN8OP/c1-3-22(35)28-18-7-4-6-17(14-18)23-21-16-27-34(36-26)24(21)31-25(30-23)29-19-8-5-9-20(15-19)33-12-10-32(2)11-13-33/h3-9,14-16,36H,1,10-13H2,2H3,(H,28,35)(H,29,30,31). The van der Waals surface area contributed by atoms with Crippen molar-refractivity contribution in [3.63, 3.8) is 0 Å². The highest BCUT2D eigenvalue weighted by Crippen LogP contribution is 2.34. The molecule has 1 aliphatic rings. The lowest BCUT2D eigenvalue weighted by Gasteiger charge is -2.34. The van der Waals surface area contributed by atoms with E-state index in [1.165, 1.54) is 11.8 Å². The Morgan fingerprint density at radius 2 is 1.86 bits per heavy atom. The monoisotopic (exact) mass is 612 g/mol. The maximum Gasteiger partial charge on any atom is 0.247 e. The summed E-state index contributed by atoms with van der Waals surface area (Å²) in [5.41, 5.74) is 5.13. The molecule has 0 saturated carbocycles. The molecule has 9 nitrogen and oxygen atoms in total. The van der Waals surface area contributed by atoms with E-state index in [1.807, 2.05) is 34.8 Å².